The fourth-order valence-electron chi connectivity index (χ4n) is 2.13. The van der Waals surface area contributed by atoms with Crippen LogP contribution in [0.25, 0.3) is 0 Å². The van der Waals surface area contributed by atoms with Crippen LogP contribution < -0.4 is 33.2 Å². The van der Waals surface area contributed by atoms with Crippen LogP contribution in [-0.4, -0.2) is 12.1 Å². The highest BCUT2D eigenvalue weighted by atomic mass is 16.2. The topological polar surface area (TPSA) is 145 Å². The van der Waals surface area contributed by atoms with Crippen LogP contribution in [0.1, 0.15) is 16.7 Å². The number of benzene rings is 1. The standard InChI is InChI=1S/C11H18N6O2/c1-5-4-6(2)9(17(15)11(13)19)7(3)8(5)16(14)10(12)18/h4H,14-15H2,1-3H3,(H2,12,18)(H2,13,19). The van der Waals surface area contributed by atoms with Crippen LogP contribution in [0.3, 0.4) is 0 Å². The predicted octanol–water partition coefficient (Wildman–Crippen LogP) is 0.129. The summed E-state index contributed by atoms with van der Waals surface area (Å²) in [6, 6.07) is 0.107. The average molecular weight is 266 g/mol. The molecule has 0 saturated carbocycles. The summed E-state index contributed by atoms with van der Waals surface area (Å²) in [6.07, 6.45) is 0. The largest absolute Gasteiger partial charge is 0.350 e. The zero-order chi connectivity index (χ0) is 14.9. The van der Waals surface area contributed by atoms with Gasteiger partial charge in [0.2, 0.25) is 0 Å². The van der Waals surface area contributed by atoms with Gasteiger partial charge in [0, 0.05) is 5.56 Å². The van der Waals surface area contributed by atoms with Gasteiger partial charge < -0.3 is 11.5 Å². The van der Waals surface area contributed by atoms with Gasteiger partial charge in [0.05, 0.1) is 11.4 Å². The number of hydrogen-bond acceptors (Lipinski definition) is 4. The third-order valence-electron chi connectivity index (χ3n) is 2.85. The van der Waals surface area contributed by atoms with Crippen molar-refractivity contribution in [2.75, 3.05) is 10.0 Å². The number of hydrogen-bond donors (Lipinski definition) is 4. The van der Waals surface area contributed by atoms with E-state index in [9.17, 15) is 9.59 Å². The maximum Gasteiger partial charge on any atom is 0.333 e. The van der Waals surface area contributed by atoms with E-state index in [1.807, 2.05) is 0 Å². The van der Waals surface area contributed by atoms with Crippen LogP contribution in [0.5, 0.6) is 0 Å². The Morgan fingerprint density at radius 2 is 1.21 bits per heavy atom. The average Bonchev–Trinajstić information content (AvgIpc) is 2.27. The van der Waals surface area contributed by atoms with Crippen molar-refractivity contribution in [3.8, 4) is 0 Å². The second-order valence-electron chi connectivity index (χ2n) is 4.25. The molecule has 8 N–H and O–H groups in total. The Kier molecular flexibility index (Phi) is 3.98. The maximum atomic E-state index is 11.2. The highest BCUT2D eigenvalue weighted by molar-refractivity contribution is 5.96. The first-order valence-electron chi connectivity index (χ1n) is 5.47. The SMILES string of the molecule is Cc1cc(C)c(N(N)C(N)=O)c(C)c1N(N)C(N)=O. The molecule has 0 spiro atoms. The molecule has 0 fully saturated rings. The third-order valence-corrected chi connectivity index (χ3v) is 2.85. The van der Waals surface area contributed by atoms with Crippen molar-refractivity contribution in [2.24, 2.45) is 23.2 Å². The van der Waals surface area contributed by atoms with Gasteiger partial charge in [0.15, 0.2) is 0 Å². The Hall–Kier alpha value is -2.32. The van der Waals surface area contributed by atoms with E-state index < -0.39 is 12.1 Å². The summed E-state index contributed by atoms with van der Waals surface area (Å²) in [5, 5.41) is 1.62. The molecule has 0 aromatic heterocycles. The summed E-state index contributed by atoms with van der Waals surface area (Å²) in [4.78, 5) is 22.4. The molecule has 0 unspecified atom stereocenters. The number of amides is 4. The predicted molar refractivity (Wildman–Crippen MR) is 73.2 cm³/mol. The highest BCUT2D eigenvalue weighted by Crippen LogP contribution is 2.33. The van der Waals surface area contributed by atoms with Gasteiger partial charge in [0.1, 0.15) is 0 Å². The van der Waals surface area contributed by atoms with Crippen LogP contribution in [0.15, 0.2) is 6.07 Å². The van der Waals surface area contributed by atoms with E-state index in [2.05, 4.69) is 0 Å². The minimum atomic E-state index is -0.816. The fraction of sp³-hybridized carbons (Fsp3) is 0.273. The quantitative estimate of drug-likeness (QED) is 0.342. The van der Waals surface area contributed by atoms with E-state index in [-0.39, 0.29) is 0 Å². The number of nitrogens with two attached hydrogens (primary N) is 4. The highest BCUT2D eigenvalue weighted by Gasteiger charge is 2.21. The lowest BCUT2D eigenvalue weighted by Crippen LogP contribution is -2.44. The lowest BCUT2D eigenvalue weighted by Gasteiger charge is -2.25. The van der Waals surface area contributed by atoms with Crippen molar-refractivity contribution < 1.29 is 9.59 Å². The zero-order valence-corrected chi connectivity index (χ0v) is 11.1. The van der Waals surface area contributed by atoms with Crippen molar-refractivity contribution in [3.63, 3.8) is 0 Å². The van der Waals surface area contributed by atoms with E-state index >= 15 is 0 Å². The molecule has 1 rings (SSSR count). The fourth-order valence-corrected chi connectivity index (χ4v) is 2.13. The Morgan fingerprint density at radius 3 is 1.47 bits per heavy atom. The minimum absolute atomic E-state index is 0.393. The number of hydrazine groups is 2. The molecule has 0 bridgehead atoms. The molecule has 1 aromatic carbocycles. The molecule has 0 radical (unpaired) electrons. The van der Waals surface area contributed by atoms with Gasteiger partial charge >= 0.3 is 12.1 Å². The first-order valence-corrected chi connectivity index (χ1v) is 5.47. The summed E-state index contributed by atoms with van der Waals surface area (Å²) >= 11 is 0. The van der Waals surface area contributed by atoms with Crippen LogP contribution in [0.4, 0.5) is 21.0 Å². The van der Waals surface area contributed by atoms with Crippen LogP contribution in [0, 0.1) is 20.8 Å². The second-order valence-corrected chi connectivity index (χ2v) is 4.25. The maximum absolute atomic E-state index is 11.2. The number of aryl methyl sites for hydroxylation is 2. The zero-order valence-electron chi connectivity index (χ0n) is 11.1. The summed E-state index contributed by atoms with van der Waals surface area (Å²) in [5.41, 5.74) is 13.1. The molecular formula is C11H18N6O2. The Balaban J connectivity index is 3.55. The van der Waals surface area contributed by atoms with E-state index in [1.165, 1.54) is 0 Å². The third kappa shape index (κ3) is 2.59. The molecule has 4 amide bonds. The van der Waals surface area contributed by atoms with Crippen LogP contribution in [0.2, 0.25) is 0 Å². The van der Waals surface area contributed by atoms with Crippen molar-refractivity contribution >= 4 is 23.4 Å². The molecule has 0 aliphatic carbocycles. The number of anilines is 2. The number of nitrogens with zero attached hydrogens (tertiary/aromatic N) is 2. The molecule has 0 saturated heterocycles. The van der Waals surface area contributed by atoms with Gasteiger partial charge in [-0.3, -0.25) is 0 Å². The molecule has 0 heterocycles. The summed E-state index contributed by atoms with van der Waals surface area (Å²) in [6.45, 7) is 5.22. The van der Waals surface area contributed by atoms with Crippen molar-refractivity contribution in [2.45, 2.75) is 20.8 Å². The molecule has 19 heavy (non-hydrogen) atoms. The van der Waals surface area contributed by atoms with Gasteiger partial charge in [-0.1, -0.05) is 6.07 Å². The van der Waals surface area contributed by atoms with Crippen molar-refractivity contribution in [1.29, 1.82) is 0 Å². The molecule has 8 nitrogen and oxygen atoms in total. The Bertz CT molecular complexity index is 498. The van der Waals surface area contributed by atoms with Gasteiger partial charge in [-0.2, -0.15) is 0 Å². The van der Waals surface area contributed by atoms with Crippen molar-refractivity contribution in [3.05, 3.63) is 22.8 Å². The molecule has 1 aromatic rings. The lowest BCUT2D eigenvalue weighted by atomic mass is 10.0. The van der Waals surface area contributed by atoms with Gasteiger partial charge in [0.25, 0.3) is 0 Å². The minimum Gasteiger partial charge on any atom is -0.350 e. The first kappa shape index (κ1) is 14.7. The molecule has 104 valence electrons. The summed E-state index contributed by atoms with van der Waals surface area (Å²) in [5.74, 6) is 11.2. The number of urea groups is 2. The number of carbonyl (C=O) groups is 2. The van der Waals surface area contributed by atoms with E-state index in [4.69, 9.17) is 23.2 Å². The second kappa shape index (κ2) is 5.12. The van der Waals surface area contributed by atoms with Gasteiger partial charge in [-0.15, -0.1) is 0 Å². The molecule has 8 heteroatoms. The van der Waals surface area contributed by atoms with Gasteiger partial charge in [-0.25, -0.2) is 31.3 Å². The number of primary amides is 2. The molecule has 0 atom stereocenters. The van der Waals surface area contributed by atoms with Crippen molar-refractivity contribution in [1.82, 2.24) is 0 Å². The van der Waals surface area contributed by atoms with Crippen LogP contribution >= 0.6 is 0 Å². The normalized spacial score (nSPS) is 10.2. The monoisotopic (exact) mass is 266 g/mol. The van der Waals surface area contributed by atoms with Gasteiger partial charge in [-0.05, 0) is 31.9 Å². The lowest BCUT2D eigenvalue weighted by molar-refractivity contribution is 0.253. The Labute approximate surface area is 110 Å². The molecule has 0 aliphatic heterocycles. The molecular weight excluding hydrogens is 248 g/mol. The smallest absolute Gasteiger partial charge is 0.333 e. The number of carbonyl (C=O) groups excluding carboxylic acids is 2. The summed E-state index contributed by atoms with van der Waals surface area (Å²) in [7, 11) is 0. The van der Waals surface area contributed by atoms with E-state index in [0.29, 0.717) is 16.9 Å². The Morgan fingerprint density at radius 1 is 0.895 bits per heavy atom. The number of rotatable bonds is 2. The first-order chi connectivity index (χ1) is 8.68. The van der Waals surface area contributed by atoms with E-state index in [0.717, 1.165) is 21.1 Å². The molecule has 0 aliphatic rings. The van der Waals surface area contributed by atoms with E-state index in [1.54, 1.807) is 26.8 Å². The summed E-state index contributed by atoms with van der Waals surface area (Å²) < 4.78 is 0. The van der Waals surface area contributed by atoms with Crippen LogP contribution in [-0.2, 0) is 0 Å².